The van der Waals surface area contributed by atoms with Crippen molar-refractivity contribution in [2.24, 2.45) is 5.92 Å². The molecule has 7 heteroatoms. The largest absolute Gasteiger partial charge is 0.476 e. The molecule has 0 atom stereocenters. The molecule has 0 amide bonds. The van der Waals surface area contributed by atoms with Gasteiger partial charge in [0.25, 0.3) is 0 Å². The quantitative estimate of drug-likeness (QED) is 0.881. The van der Waals surface area contributed by atoms with Crippen LogP contribution in [0, 0.1) is 17.2 Å². The molecule has 1 N–H and O–H groups in total. The summed E-state index contributed by atoms with van der Waals surface area (Å²) in [7, 11) is 0. The Morgan fingerprint density at radius 3 is 2.77 bits per heavy atom. The fraction of sp³-hybridized carbons (Fsp3) is 0.333. The van der Waals surface area contributed by atoms with Gasteiger partial charge < -0.3 is 10.1 Å². The van der Waals surface area contributed by atoms with Crippen molar-refractivity contribution in [3.63, 3.8) is 0 Å². The molecule has 6 nitrogen and oxygen atoms in total. The number of rotatable bonds is 6. The number of hydrogen-bond acceptors (Lipinski definition) is 6. The molecule has 0 aliphatic heterocycles. The second-order valence-corrected chi connectivity index (χ2v) is 5.51. The highest BCUT2D eigenvalue weighted by Crippen LogP contribution is 2.23. The lowest BCUT2D eigenvalue weighted by atomic mass is 10.2. The number of nitriles is 1. The van der Waals surface area contributed by atoms with Gasteiger partial charge in [0.05, 0.1) is 6.61 Å². The Bertz CT molecular complexity index is 667. The van der Waals surface area contributed by atoms with Gasteiger partial charge in [0.2, 0.25) is 5.88 Å². The van der Waals surface area contributed by atoms with E-state index in [2.05, 4.69) is 34.3 Å². The van der Waals surface area contributed by atoms with Crippen molar-refractivity contribution in [1.29, 1.82) is 5.26 Å². The number of pyridine rings is 1. The Morgan fingerprint density at radius 2 is 2.18 bits per heavy atom. The van der Waals surface area contributed by atoms with E-state index >= 15 is 0 Å². The van der Waals surface area contributed by atoms with Gasteiger partial charge in [0, 0.05) is 12.7 Å². The lowest BCUT2D eigenvalue weighted by Gasteiger charge is -2.10. The van der Waals surface area contributed by atoms with Gasteiger partial charge in [0.1, 0.15) is 16.9 Å². The summed E-state index contributed by atoms with van der Waals surface area (Å²) in [6.45, 7) is 5.19. The van der Waals surface area contributed by atoms with Crippen LogP contribution in [0.1, 0.15) is 25.1 Å². The Morgan fingerprint density at radius 1 is 1.36 bits per heavy atom. The predicted molar refractivity (Wildman–Crippen MR) is 83.7 cm³/mol. The fourth-order valence-electron chi connectivity index (χ4n) is 1.59. The maximum Gasteiger partial charge on any atom is 0.232 e. The minimum absolute atomic E-state index is 0.280. The van der Waals surface area contributed by atoms with Crippen molar-refractivity contribution in [1.82, 2.24) is 15.2 Å². The first-order valence-electron chi connectivity index (χ1n) is 6.83. The van der Waals surface area contributed by atoms with Crippen LogP contribution in [0.4, 0.5) is 5.82 Å². The number of nitrogens with one attached hydrogen (secondary N) is 1. The third-order valence-corrected chi connectivity index (χ3v) is 2.94. The van der Waals surface area contributed by atoms with E-state index in [-0.39, 0.29) is 5.69 Å². The van der Waals surface area contributed by atoms with Gasteiger partial charge in [-0.05, 0) is 29.7 Å². The molecule has 0 aliphatic rings. The highest BCUT2D eigenvalue weighted by molar-refractivity contribution is 6.31. The van der Waals surface area contributed by atoms with E-state index in [1.165, 1.54) is 0 Å². The smallest absolute Gasteiger partial charge is 0.232 e. The second-order valence-electron chi connectivity index (χ2n) is 5.10. The van der Waals surface area contributed by atoms with Crippen LogP contribution in [0.25, 0.3) is 0 Å². The monoisotopic (exact) mass is 317 g/mol. The summed E-state index contributed by atoms with van der Waals surface area (Å²) in [4.78, 5) is 4.22. The summed E-state index contributed by atoms with van der Waals surface area (Å²) in [5.41, 5.74) is 1.18. The van der Waals surface area contributed by atoms with E-state index in [0.717, 1.165) is 5.56 Å². The number of anilines is 1. The molecular formula is C15H16ClN5O. The molecule has 0 unspecified atom stereocenters. The highest BCUT2D eigenvalue weighted by atomic mass is 35.5. The average Bonchev–Trinajstić information content (AvgIpc) is 2.52. The molecule has 0 radical (unpaired) electrons. The number of hydrogen-bond donors (Lipinski definition) is 1. The summed E-state index contributed by atoms with van der Waals surface area (Å²) in [5, 5.41) is 19.9. The molecule has 0 bridgehead atoms. The third kappa shape index (κ3) is 4.57. The molecular weight excluding hydrogens is 302 g/mol. The van der Waals surface area contributed by atoms with Crippen molar-refractivity contribution >= 4 is 17.4 Å². The van der Waals surface area contributed by atoms with Gasteiger partial charge in [-0.25, -0.2) is 4.98 Å². The zero-order valence-electron chi connectivity index (χ0n) is 12.4. The SMILES string of the molecule is CC(C)COc1ncc(CNc2ccc(C#N)nn2)cc1Cl. The zero-order chi connectivity index (χ0) is 15.9. The minimum atomic E-state index is 0.280. The molecule has 0 saturated heterocycles. The van der Waals surface area contributed by atoms with Crippen molar-refractivity contribution in [2.45, 2.75) is 20.4 Å². The van der Waals surface area contributed by atoms with Crippen LogP contribution in [0.5, 0.6) is 5.88 Å². The number of aromatic nitrogens is 3. The number of ether oxygens (including phenoxy) is 1. The molecule has 2 rings (SSSR count). The molecule has 0 aromatic carbocycles. The maximum atomic E-state index is 8.66. The fourth-order valence-corrected chi connectivity index (χ4v) is 1.84. The van der Waals surface area contributed by atoms with Crippen molar-refractivity contribution in [2.75, 3.05) is 11.9 Å². The lowest BCUT2D eigenvalue weighted by molar-refractivity contribution is 0.261. The first kappa shape index (κ1) is 16.0. The van der Waals surface area contributed by atoms with E-state index in [1.807, 2.05) is 6.07 Å². The van der Waals surface area contributed by atoms with Gasteiger partial charge >= 0.3 is 0 Å². The Hall–Kier alpha value is -2.39. The summed E-state index contributed by atoms with van der Waals surface area (Å²) >= 11 is 6.15. The standard InChI is InChI=1S/C15H16ClN5O/c1-10(2)9-22-15-13(16)5-11(8-19-15)7-18-14-4-3-12(6-17)20-21-14/h3-5,8,10H,7,9H2,1-2H3,(H,18,21). The van der Waals surface area contributed by atoms with Crippen LogP contribution in [0.15, 0.2) is 24.4 Å². The minimum Gasteiger partial charge on any atom is -0.476 e. The van der Waals surface area contributed by atoms with Crippen molar-refractivity contribution in [3.8, 4) is 11.9 Å². The molecule has 2 heterocycles. The normalized spacial score (nSPS) is 10.3. The molecule has 2 aromatic rings. The number of halogens is 1. The van der Waals surface area contributed by atoms with Crippen LogP contribution in [-0.4, -0.2) is 21.8 Å². The van der Waals surface area contributed by atoms with E-state index in [9.17, 15) is 0 Å². The summed E-state index contributed by atoms with van der Waals surface area (Å²) < 4.78 is 5.53. The first-order chi connectivity index (χ1) is 10.6. The van der Waals surface area contributed by atoms with Crippen LogP contribution in [0.2, 0.25) is 5.02 Å². The van der Waals surface area contributed by atoms with Crippen molar-refractivity contribution < 1.29 is 4.74 Å². The summed E-state index contributed by atoms with van der Waals surface area (Å²) in [6.07, 6.45) is 1.70. The first-order valence-corrected chi connectivity index (χ1v) is 7.21. The Labute approximate surface area is 134 Å². The molecule has 0 aliphatic carbocycles. The molecule has 0 fully saturated rings. The topological polar surface area (TPSA) is 83.7 Å². The van der Waals surface area contributed by atoms with E-state index in [0.29, 0.717) is 35.8 Å². The summed E-state index contributed by atoms with van der Waals surface area (Å²) in [6, 6.07) is 7.01. The Balaban J connectivity index is 1.95. The predicted octanol–water partition coefficient (Wildman–Crippen LogP) is 3.04. The zero-order valence-corrected chi connectivity index (χ0v) is 13.1. The molecule has 0 spiro atoms. The van der Waals surface area contributed by atoms with Crippen LogP contribution >= 0.6 is 11.6 Å². The van der Waals surface area contributed by atoms with Gasteiger partial charge in [-0.3, -0.25) is 0 Å². The van der Waals surface area contributed by atoms with Crippen LogP contribution in [-0.2, 0) is 6.54 Å². The summed E-state index contributed by atoms with van der Waals surface area (Å²) in [5.74, 6) is 1.43. The van der Waals surface area contributed by atoms with Gasteiger partial charge in [-0.1, -0.05) is 25.4 Å². The molecule has 2 aromatic heterocycles. The lowest BCUT2D eigenvalue weighted by Crippen LogP contribution is -2.07. The van der Waals surface area contributed by atoms with E-state index in [4.69, 9.17) is 21.6 Å². The molecule has 22 heavy (non-hydrogen) atoms. The molecule has 0 saturated carbocycles. The van der Waals surface area contributed by atoms with Crippen molar-refractivity contribution in [3.05, 3.63) is 40.7 Å². The van der Waals surface area contributed by atoms with E-state index < -0.39 is 0 Å². The van der Waals surface area contributed by atoms with Crippen LogP contribution in [0.3, 0.4) is 0 Å². The molecule has 114 valence electrons. The number of nitrogens with zero attached hydrogens (tertiary/aromatic N) is 4. The van der Waals surface area contributed by atoms with Gasteiger partial charge in [-0.15, -0.1) is 10.2 Å². The van der Waals surface area contributed by atoms with E-state index in [1.54, 1.807) is 24.4 Å². The van der Waals surface area contributed by atoms with Crippen LogP contribution < -0.4 is 10.1 Å². The second kappa shape index (κ2) is 7.57. The van der Waals surface area contributed by atoms with Gasteiger partial charge in [-0.2, -0.15) is 5.26 Å². The average molecular weight is 318 g/mol. The highest BCUT2D eigenvalue weighted by Gasteiger charge is 2.06. The maximum absolute atomic E-state index is 8.66. The Kier molecular flexibility index (Phi) is 5.50. The third-order valence-electron chi connectivity index (χ3n) is 2.67. The van der Waals surface area contributed by atoms with Gasteiger partial charge in [0.15, 0.2) is 5.69 Å².